The third-order valence-electron chi connectivity index (χ3n) is 6.37. The van der Waals surface area contributed by atoms with Crippen LogP contribution in [-0.4, -0.2) is 47.1 Å². The first-order chi connectivity index (χ1) is 16.6. The number of hydrogen-bond acceptors (Lipinski definition) is 6. The van der Waals surface area contributed by atoms with Crippen LogP contribution in [0.4, 0.5) is 33.6 Å². The zero-order valence-electron chi connectivity index (χ0n) is 19.5. The number of aromatic nitrogens is 2. The molecule has 1 saturated heterocycles. The van der Waals surface area contributed by atoms with Gasteiger partial charge in [0.1, 0.15) is 5.82 Å². The predicted octanol–water partition coefficient (Wildman–Crippen LogP) is 4.59. The topological polar surface area (TPSA) is 94.2 Å². The monoisotopic (exact) mass is 457 g/mol. The van der Waals surface area contributed by atoms with E-state index in [9.17, 15) is 4.79 Å². The molecular formula is C26H31N7O. The quantitative estimate of drug-likeness (QED) is 0.458. The number of fused-ring (bicyclic) bond motifs is 6. The Labute approximate surface area is 200 Å². The van der Waals surface area contributed by atoms with Crippen LogP contribution in [0.3, 0.4) is 0 Å². The van der Waals surface area contributed by atoms with Gasteiger partial charge in [-0.25, -0.2) is 9.78 Å². The Hall–Kier alpha value is -3.65. The number of likely N-dealkylation sites (tertiary alicyclic amines) is 1. The van der Waals surface area contributed by atoms with E-state index in [-0.39, 0.29) is 6.03 Å². The summed E-state index contributed by atoms with van der Waals surface area (Å²) in [6.45, 7) is 5.79. The van der Waals surface area contributed by atoms with Crippen molar-refractivity contribution in [2.24, 2.45) is 0 Å². The lowest BCUT2D eigenvalue weighted by molar-refractivity contribution is 0.249. The van der Waals surface area contributed by atoms with Crippen molar-refractivity contribution in [2.45, 2.75) is 32.6 Å². The van der Waals surface area contributed by atoms with Crippen molar-refractivity contribution in [2.75, 3.05) is 42.1 Å². The maximum Gasteiger partial charge on any atom is 0.319 e. The molecule has 2 aliphatic rings. The zero-order chi connectivity index (χ0) is 23.3. The molecule has 0 aliphatic carbocycles. The Morgan fingerprint density at radius 3 is 2.79 bits per heavy atom. The number of urea groups is 1. The standard InChI is InChI=1S/C26H31N7O/c1-18-17-28-25-30-21-6-4-5-19(15-21)7-8-20-16-22(29-24(18)32-25)9-10-23(20)31-26(34)27-11-14-33-12-2-3-13-33/h4-6,9-10,15-17H,2-3,7-8,11-14H2,1H3,(H2,27,31,34)(H2,28,29,30,32). The van der Waals surface area contributed by atoms with E-state index in [1.807, 2.05) is 37.4 Å². The summed E-state index contributed by atoms with van der Waals surface area (Å²) in [6, 6.07) is 14.1. The van der Waals surface area contributed by atoms with Crippen LogP contribution in [0.25, 0.3) is 0 Å². The van der Waals surface area contributed by atoms with Gasteiger partial charge in [-0.2, -0.15) is 4.98 Å². The van der Waals surface area contributed by atoms with E-state index < -0.39 is 0 Å². The van der Waals surface area contributed by atoms with E-state index in [1.165, 1.54) is 18.4 Å². The molecule has 3 aromatic rings. The fourth-order valence-corrected chi connectivity index (χ4v) is 4.48. The molecule has 6 bridgehead atoms. The van der Waals surface area contributed by atoms with Crippen LogP contribution in [0.15, 0.2) is 48.7 Å². The molecule has 3 heterocycles. The third-order valence-corrected chi connectivity index (χ3v) is 6.37. The molecule has 8 nitrogen and oxygen atoms in total. The maximum absolute atomic E-state index is 12.6. The van der Waals surface area contributed by atoms with E-state index >= 15 is 0 Å². The summed E-state index contributed by atoms with van der Waals surface area (Å²) in [5, 5.41) is 12.8. The van der Waals surface area contributed by atoms with Crippen molar-refractivity contribution in [3.63, 3.8) is 0 Å². The number of amides is 2. The minimum absolute atomic E-state index is 0.165. The first kappa shape index (κ1) is 22.2. The molecule has 1 aromatic heterocycles. The lowest BCUT2D eigenvalue weighted by atomic mass is 10.0. The first-order valence-corrected chi connectivity index (χ1v) is 12.0. The van der Waals surface area contributed by atoms with Crippen molar-refractivity contribution in [3.05, 3.63) is 65.4 Å². The molecule has 34 heavy (non-hydrogen) atoms. The van der Waals surface area contributed by atoms with Crippen molar-refractivity contribution < 1.29 is 4.79 Å². The van der Waals surface area contributed by atoms with Gasteiger partial charge in [0.25, 0.3) is 0 Å². The highest BCUT2D eigenvalue weighted by molar-refractivity contribution is 5.90. The second-order valence-corrected chi connectivity index (χ2v) is 8.98. The third kappa shape index (κ3) is 5.46. The Bertz CT molecular complexity index is 1170. The fourth-order valence-electron chi connectivity index (χ4n) is 4.48. The van der Waals surface area contributed by atoms with E-state index in [0.29, 0.717) is 12.5 Å². The molecule has 0 spiro atoms. The molecule has 2 aromatic carbocycles. The maximum atomic E-state index is 12.6. The Morgan fingerprint density at radius 2 is 1.91 bits per heavy atom. The SMILES string of the molecule is Cc1cnc2nc1Nc1ccc(NC(=O)NCCN3CCCC3)c(c1)CCc1cccc(c1)N2. The number of benzene rings is 2. The van der Waals surface area contributed by atoms with Crippen LogP contribution >= 0.6 is 0 Å². The summed E-state index contributed by atoms with van der Waals surface area (Å²) in [5.74, 6) is 1.30. The summed E-state index contributed by atoms with van der Waals surface area (Å²) >= 11 is 0. The number of nitrogens with one attached hydrogen (secondary N) is 4. The fraction of sp³-hybridized carbons (Fsp3) is 0.346. The van der Waals surface area contributed by atoms with Crippen molar-refractivity contribution in [1.82, 2.24) is 20.2 Å². The highest BCUT2D eigenvalue weighted by Crippen LogP contribution is 2.27. The van der Waals surface area contributed by atoms with Gasteiger partial charge in [0.2, 0.25) is 5.95 Å². The number of aryl methyl sites for hydroxylation is 3. The Kier molecular flexibility index (Phi) is 6.58. The van der Waals surface area contributed by atoms with Gasteiger partial charge in [0.05, 0.1) is 0 Å². The van der Waals surface area contributed by atoms with Crippen LogP contribution in [0.1, 0.15) is 29.5 Å². The van der Waals surface area contributed by atoms with Crippen LogP contribution in [0, 0.1) is 6.92 Å². The van der Waals surface area contributed by atoms with Gasteiger partial charge in [-0.1, -0.05) is 12.1 Å². The molecule has 4 N–H and O–H groups in total. The summed E-state index contributed by atoms with van der Waals surface area (Å²) < 4.78 is 0. The normalized spacial score (nSPS) is 15.2. The van der Waals surface area contributed by atoms with Gasteiger partial charge in [0.15, 0.2) is 0 Å². The number of anilines is 5. The number of carbonyl (C=O) groups excluding carboxylic acids is 1. The molecule has 5 rings (SSSR count). The Morgan fingerprint density at radius 1 is 1.06 bits per heavy atom. The number of hydrogen-bond donors (Lipinski definition) is 4. The van der Waals surface area contributed by atoms with Crippen LogP contribution in [0.2, 0.25) is 0 Å². The first-order valence-electron chi connectivity index (χ1n) is 12.0. The van der Waals surface area contributed by atoms with Crippen LogP contribution in [-0.2, 0) is 12.8 Å². The highest BCUT2D eigenvalue weighted by atomic mass is 16.2. The summed E-state index contributed by atoms with van der Waals surface area (Å²) in [7, 11) is 0. The van der Waals surface area contributed by atoms with Crippen molar-refractivity contribution >= 4 is 34.9 Å². The summed E-state index contributed by atoms with van der Waals surface area (Å²) in [5.41, 5.74) is 5.94. The second kappa shape index (κ2) is 10.1. The van der Waals surface area contributed by atoms with E-state index in [0.717, 1.165) is 66.5 Å². The van der Waals surface area contributed by atoms with E-state index in [2.05, 4.69) is 54.3 Å². The minimum atomic E-state index is -0.165. The van der Waals surface area contributed by atoms with Gasteiger partial charge in [-0.05, 0) is 87.2 Å². The number of rotatable bonds is 4. The molecular weight excluding hydrogens is 426 g/mol. The molecule has 2 aliphatic heterocycles. The molecule has 0 saturated carbocycles. The number of nitrogens with zero attached hydrogens (tertiary/aromatic N) is 3. The summed E-state index contributed by atoms with van der Waals surface area (Å²) in [4.78, 5) is 24.1. The van der Waals surface area contributed by atoms with E-state index in [4.69, 9.17) is 0 Å². The Balaban J connectivity index is 1.36. The van der Waals surface area contributed by atoms with Crippen molar-refractivity contribution in [1.29, 1.82) is 0 Å². The van der Waals surface area contributed by atoms with Crippen molar-refractivity contribution in [3.8, 4) is 0 Å². The average Bonchev–Trinajstić information content (AvgIpc) is 3.35. The number of carbonyl (C=O) groups is 1. The van der Waals surface area contributed by atoms with Gasteiger partial charge >= 0.3 is 6.03 Å². The van der Waals surface area contributed by atoms with Gasteiger partial charge in [0, 0.05) is 41.9 Å². The van der Waals surface area contributed by atoms with E-state index in [1.54, 1.807) is 0 Å². The summed E-state index contributed by atoms with van der Waals surface area (Å²) in [6.07, 6.45) is 5.96. The lowest BCUT2D eigenvalue weighted by Crippen LogP contribution is -2.36. The molecule has 176 valence electrons. The minimum Gasteiger partial charge on any atom is -0.340 e. The van der Waals surface area contributed by atoms with Crippen LogP contribution < -0.4 is 21.3 Å². The zero-order valence-corrected chi connectivity index (χ0v) is 19.5. The molecule has 2 amide bonds. The van der Waals surface area contributed by atoms with Gasteiger partial charge < -0.3 is 26.2 Å². The molecule has 0 unspecified atom stereocenters. The predicted molar refractivity (Wildman–Crippen MR) is 136 cm³/mol. The van der Waals surface area contributed by atoms with Gasteiger partial charge in [-0.15, -0.1) is 0 Å². The van der Waals surface area contributed by atoms with Crippen LogP contribution in [0.5, 0.6) is 0 Å². The highest BCUT2D eigenvalue weighted by Gasteiger charge is 2.14. The second-order valence-electron chi connectivity index (χ2n) is 8.98. The molecule has 0 radical (unpaired) electrons. The van der Waals surface area contributed by atoms with Gasteiger partial charge in [-0.3, -0.25) is 0 Å². The average molecular weight is 458 g/mol. The molecule has 0 atom stereocenters. The molecule has 1 fully saturated rings. The molecule has 8 heteroatoms. The smallest absolute Gasteiger partial charge is 0.319 e. The lowest BCUT2D eigenvalue weighted by Gasteiger charge is -2.17. The largest absolute Gasteiger partial charge is 0.340 e.